The number of amides is 1. The fourth-order valence-corrected chi connectivity index (χ4v) is 4.48. The van der Waals surface area contributed by atoms with Gasteiger partial charge in [-0.25, -0.2) is 0 Å². The number of carbonyl (C=O) groups excluding carboxylic acids is 1. The van der Waals surface area contributed by atoms with Crippen molar-refractivity contribution in [3.8, 4) is 0 Å². The van der Waals surface area contributed by atoms with Gasteiger partial charge in [-0.05, 0) is 31.6 Å². The highest BCUT2D eigenvalue weighted by Crippen LogP contribution is 2.28. The molecule has 0 radical (unpaired) electrons. The maximum absolute atomic E-state index is 13.3. The van der Waals surface area contributed by atoms with E-state index < -0.39 is 0 Å². The molecule has 1 N–H and O–H groups in total. The number of hydrogen-bond acceptors (Lipinski definition) is 4. The lowest BCUT2D eigenvalue weighted by Gasteiger charge is -2.17. The van der Waals surface area contributed by atoms with Gasteiger partial charge in [0, 0.05) is 56.3 Å². The van der Waals surface area contributed by atoms with Gasteiger partial charge in [0.15, 0.2) is 0 Å². The standard InChI is InChI=1S/C27H32N4O3/c1-29(18-20-10-5-4-6-11-20)15-9-14-28-26(32)22-19-31(16-17-34-3)27(33)25-24(22)21-12-7-8-13-23(21)30(25)2/h4-8,10-13,19H,9,14-18H2,1-3H3,(H,28,32). The van der Waals surface area contributed by atoms with Crippen molar-refractivity contribution < 1.29 is 9.53 Å². The Morgan fingerprint density at radius 1 is 1.09 bits per heavy atom. The number of rotatable bonds is 10. The van der Waals surface area contributed by atoms with Crippen molar-refractivity contribution in [1.29, 1.82) is 0 Å². The molecule has 4 rings (SSSR count). The molecule has 0 aliphatic carbocycles. The number of carbonyl (C=O) groups is 1. The van der Waals surface area contributed by atoms with Crippen LogP contribution in [0.15, 0.2) is 65.6 Å². The topological polar surface area (TPSA) is 68.5 Å². The molecule has 7 nitrogen and oxygen atoms in total. The number of ether oxygens (including phenoxy) is 1. The van der Waals surface area contributed by atoms with Crippen LogP contribution in [0.5, 0.6) is 0 Å². The molecule has 0 spiro atoms. The first-order chi connectivity index (χ1) is 16.5. The van der Waals surface area contributed by atoms with Crippen LogP contribution in [-0.2, 0) is 24.9 Å². The van der Waals surface area contributed by atoms with E-state index >= 15 is 0 Å². The van der Waals surface area contributed by atoms with E-state index in [2.05, 4.69) is 29.4 Å². The number of nitrogens with zero attached hydrogens (tertiary/aromatic N) is 3. The van der Waals surface area contributed by atoms with Gasteiger partial charge in [0.25, 0.3) is 11.5 Å². The molecular formula is C27H32N4O3. The molecule has 0 saturated heterocycles. The molecule has 1 amide bonds. The minimum atomic E-state index is -0.168. The number of benzene rings is 2. The summed E-state index contributed by atoms with van der Waals surface area (Å²) in [4.78, 5) is 28.8. The molecule has 2 aromatic carbocycles. The lowest BCUT2D eigenvalue weighted by Crippen LogP contribution is -2.30. The molecule has 34 heavy (non-hydrogen) atoms. The summed E-state index contributed by atoms with van der Waals surface area (Å²) in [7, 11) is 5.56. The van der Waals surface area contributed by atoms with Gasteiger partial charge in [-0.1, -0.05) is 48.5 Å². The number of para-hydroxylation sites is 1. The number of fused-ring (bicyclic) bond motifs is 3. The van der Waals surface area contributed by atoms with Crippen LogP contribution in [0, 0.1) is 0 Å². The first-order valence-electron chi connectivity index (χ1n) is 11.6. The maximum Gasteiger partial charge on any atom is 0.275 e. The van der Waals surface area contributed by atoms with Crippen LogP contribution in [0.4, 0.5) is 0 Å². The first-order valence-corrected chi connectivity index (χ1v) is 11.6. The van der Waals surface area contributed by atoms with Crippen molar-refractivity contribution in [2.24, 2.45) is 7.05 Å². The predicted octanol–water partition coefficient (Wildman–Crippen LogP) is 3.39. The molecule has 0 aliphatic heterocycles. The molecule has 0 saturated carbocycles. The fraction of sp³-hybridized carbons (Fsp3) is 0.333. The SMILES string of the molecule is COCCn1cc(C(=O)NCCCN(C)Cc2ccccc2)c2c3ccccc3n(C)c2c1=O. The average Bonchev–Trinajstić information content (AvgIpc) is 3.15. The van der Waals surface area contributed by atoms with E-state index in [9.17, 15) is 9.59 Å². The van der Waals surface area contributed by atoms with E-state index in [-0.39, 0.29) is 11.5 Å². The Kier molecular flexibility index (Phi) is 7.45. The quantitative estimate of drug-likeness (QED) is 0.369. The highest BCUT2D eigenvalue weighted by atomic mass is 16.5. The van der Waals surface area contributed by atoms with Gasteiger partial charge in [-0.2, -0.15) is 0 Å². The van der Waals surface area contributed by atoms with Gasteiger partial charge in [0.2, 0.25) is 0 Å². The zero-order chi connectivity index (χ0) is 24.1. The Morgan fingerprint density at radius 3 is 2.59 bits per heavy atom. The minimum absolute atomic E-state index is 0.121. The molecule has 7 heteroatoms. The Balaban J connectivity index is 1.54. The molecule has 2 heterocycles. The molecule has 4 aromatic rings. The summed E-state index contributed by atoms with van der Waals surface area (Å²) < 4.78 is 8.63. The molecule has 0 aliphatic rings. The number of methoxy groups -OCH3 is 1. The Labute approximate surface area is 199 Å². The second kappa shape index (κ2) is 10.7. The van der Waals surface area contributed by atoms with Crippen molar-refractivity contribution in [2.75, 3.05) is 33.9 Å². The molecule has 0 bridgehead atoms. The van der Waals surface area contributed by atoms with Crippen molar-refractivity contribution >= 4 is 27.7 Å². The summed E-state index contributed by atoms with van der Waals surface area (Å²) >= 11 is 0. The third-order valence-electron chi connectivity index (χ3n) is 6.20. The molecule has 0 fully saturated rings. The third-order valence-corrected chi connectivity index (χ3v) is 6.20. The summed E-state index contributed by atoms with van der Waals surface area (Å²) in [6, 6.07) is 18.2. The maximum atomic E-state index is 13.3. The van der Waals surface area contributed by atoms with E-state index in [1.54, 1.807) is 17.9 Å². The van der Waals surface area contributed by atoms with Gasteiger partial charge in [-0.15, -0.1) is 0 Å². The van der Waals surface area contributed by atoms with Crippen LogP contribution in [-0.4, -0.2) is 53.8 Å². The van der Waals surface area contributed by atoms with Gasteiger partial charge < -0.3 is 24.1 Å². The number of pyridine rings is 1. The number of hydrogen-bond donors (Lipinski definition) is 1. The predicted molar refractivity (Wildman–Crippen MR) is 136 cm³/mol. The van der Waals surface area contributed by atoms with Crippen molar-refractivity contribution in [3.05, 3.63) is 82.3 Å². The molecule has 2 aromatic heterocycles. The average molecular weight is 461 g/mol. The van der Waals surface area contributed by atoms with E-state index in [0.717, 1.165) is 30.4 Å². The van der Waals surface area contributed by atoms with Crippen LogP contribution in [0.3, 0.4) is 0 Å². The van der Waals surface area contributed by atoms with Gasteiger partial charge in [0.05, 0.1) is 12.2 Å². The highest BCUT2D eigenvalue weighted by molar-refractivity contribution is 6.17. The normalized spacial score (nSPS) is 11.5. The van der Waals surface area contributed by atoms with Crippen LogP contribution < -0.4 is 10.9 Å². The summed E-state index contributed by atoms with van der Waals surface area (Å²) in [5, 5.41) is 4.68. The minimum Gasteiger partial charge on any atom is -0.383 e. The zero-order valence-electron chi connectivity index (χ0n) is 20.1. The highest BCUT2D eigenvalue weighted by Gasteiger charge is 2.21. The second-order valence-electron chi connectivity index (χ2n) is 8.67. The summed E-state index contributed by atoms with van der Waals surface area (Å²) in [6.45, 7) is 3.07. The Hall–Kier alpha value is -3.42. The van der Waals surface area contributed by atoms with E-state index in [1.165, 1.54) is 5.56 Å². The van der Waals surface area contributed by atoms with Crippen molar-refractivity contribution in [1.82, 2.24) is 19.4 Å². The zero-order valence-corrected chi connectivity index (χ0v) is 20.1. The molecule has 0 atom stereocenters. The van der Waals surface area contributed by atoms with Gasteiger partial charge in [0.1, 0.15) is 5.52 Å². The second-order valence-corrected chi connectivity index (χ2v) is 8.67. The number of aryl methyl sites for hydroxylation is 1. The smallest absolute Gasteiger partial charge is 0.275 e. The van der Waals surface area contributed by atoms with Crippen LogP contribution in [0.25, 0.3) is 21.8 Å². The van der Waals surface area contributed by atoms with E-state index in [0.29, 0.717) is 36.2 Å². The van der Waals surface area contributed by atoms with Gasteiger partial charge in [-0.3, -0.25) is 9.59 Å². The number of aromatic nitrogens is 2. The fourth-order valence-electron chi connectivity index (χ4n) is 4.48. The van der Waals surface area contributed by atoms with Crippen molar-refractivity contribution in [2.45, 2.75) is 19.5 Å². The third kappa shape index (κ3) is 4.90. The lowest BCUT2D eigenvalue weighted by molar-refractivity contribution is 0.0952. The first kappa shape index (κ1) is 23.7. The van der Waals surface area contributed by atoms with E-state index in [1.807, 2.05) is 54.1 Å². The Bertz CT molecular complexity index is 1340. The molecule has 0 unspecified atom stereocenters. The van der Waals surface area contributed by atoms with E-state index in [4.69, 9.17) is 4.74 Å². The summed E-state index contributed by atoms with van der Waals surface area (Å²) in [5.41, 5.74) is 3.12. The van der Waals surface area contributed by atoms with Crippen LogP contribution in [0.2, 0.25) is 0 Å². The Morgan fingerprint density at radius 2 is 1.82 bits per heavy atom. The number of nitrogens with one attached hydrogen (secondary N) is 1. The molecule has 178 valence electrons. The summed E-state index contributed by atoms with van der Waals surface area (Å²) in [6.07, 6.45) is 2.50. The van der Waals surface area contributed by atoms with Crippen LogP contribution >= 0.6 is 0 Å². The van der Waals surface area contributed by atoms with Crippen LogP contribution in [0.1, 0.15) is 22.3 Å². The van der Waals surface area contributed by atoms with Gasteiger partial charge >= 0.3 is 0 Å². The monoisotopic (exact) mass is 460 g/mol. The molecular weight excluding hydrogens is 428 g/mol. The summed E-state index contributed by atoms with van der Waals surface area (Å²) in [5.74, 6) is -0.168. The lowest BCUT2D eigenvalue weighted by atomic mass is 10.1. The largest absolute Gasteiger partial charge is 0.383 e. The van der Waals surface area contributed by atoms with Crippen molar-refractivity contribution in [3.63, 3.8) is 0 Å².